The Morgan fingerprint density at radius 3 is 2.76 bits per heavy atom. The SMILES string of the molecule is COc1cc(C=Nc2sc3c(c2C(=O)NCc2ccco2)CCCC3)ccc1OCc1ccc(Br)cc1. The Bertz CT molecular complexity index is 1390. The summed E-state index contributed by atoms with van der Waals surface area (Å²) >= 11 is 5.06. The van der Waals surface area contributed by atoms with Gasteiger partial charge in [0, 0.05) is 15.6 Å². The molecule has 0 aliphatic heterocycles. The number of hydrogen-bond acceptors (Lipinski definition) is 6. The lowest BCUT2D eigenvalue weighted by Gasteiger charge is -2.12. The highest BCUT2D eigenvalue weighted by atomic mass is 79.9. The fraction of sp³-hybridized carbons (Fsp3) is 0.241. The number of aryl methyl sites for hydroxylation is 1. The van der Waals surface area contributed by atoms with Crippen molar-refractivity contribution in [2.45, 2.75) is 38.8 Å². The third-order valence-corrected chi connectivity index (χ3v) is 7.94. The number of nitrogens with zero attached hydrogens (tertiary/aromatic N) is 1. The van der Waals surface area contributed by atoms with Gasteiger partial charge in [-0.25, -0.2) is 4.99 Å². The minimum Gasteiger partial charge on any atom is -0.493 e. The molecule has 2 aromatic carbocycles. The van der Waals surface area contributed by atoms with Crippen molar-refractivity contribution in [1.82, 2.24) is 5.32 Å². The van der Waals surface area contributed by atoms with Crippen molar-refractivity contribution >= 4 is 44.4 Å². The number of carbonyl (C=O) groups is 1. The fourth-order valence-corrected chi connectivity index (χ4v) is 5.80. The Morgan fingerprint density at radius 1 is 1.14 bits per heavy atom. The van der Waals surface area contributed by atoms with Gasteiger partial charge < -0.3 is 19.2 Å². The highest BCUT2D eigenvalue weighted by Gasteiger charge is 2.25. The van der Waals surface area contributed by atoms with Crippen LogP contribution in [0.1, 0.15) is 50.5 Å². The molecule has 1 N–H and O–H groups in total. The number of thiophene rings is 1. The van der Waals surface area contributed by atoms with Crippen molar-refractivity contribution < 1.29 is 18.7 Å². The molecule has 8 heteroatoms. The van der Waals surface area contributed by atoms with Crippen LogP contribution in [0.4, 0.5) is 5.00 Å². The van der Waals surface area contributed by atoms with Gasteiger partial charge >= 0.3 is 0 Å². The molecule has 1 amide bonds. The molecule has 0 saturated carbocycles. The van der Waals surface area contributed by atoms with Gasteiger partial charge in [0.1, 0.15) is 17.4 Å². The number of ether oxygens (including phenoxy) is 2. The molecular formula is C29H27BrN2O4S. The quantitative estimate of drug-likeness (QED) is 0.212. The number of nitrogens with one attached hydrogen (secondary N) is 1. The molecular weight excluding hydrogens is 552 g/mol. The molecule has 0 atom stereocenters. The first-order chi connectivity index (χ1) is 18.1. The number of furan rings is 1. The van der Waals surface area contributed by atoms with Gasteiger partial charge in [-0.2, -0.15) is 0 Å². The molecule has 0 radical (unpaired) electrons. The van der Waals surface area contributed by atoms with E-state index in [2.05, 4.69) is 21.2 Å². The van der Waals surface area contributed by atoms with Gasteiger partial charge in [0.15, 0.2) is 11.5 Å². The van der Waals surface area contributed by atoms with E-state index in [1.54, 1.807) is 30.9 Å². The van der Waals surface area contributed by atoms with Crippen molar-refractivity contribution in [3.63, 3.8) is 0 Å². The van der Waals surface area contributed by atoms with Crippen molar-refractivity contribution in [1.29, 1.82) is 0 Å². The van der Waals surface area contributed by atoms with E-state index in [0.29, 0.717) is 30.2 Å². The molecule has 1 aliphatic carbocycles. The number of carbonyl (C=O) groups excluding carboxylic acids is 1. The average molecular weight is 580 g/mol. The Morgan fingerprint density at radius 2 is 1.97 bits per heavy atom. The monoisotopic (exact) mass is 578 g/mol. The zero-order chi connectivity index (χ0) is 25.6. The molecule has 0 bridgehead atoms. The second kappa shape index (κ2) is 11.8. The molecule has 4 aromatic rings. The minimum absolute atomic E-state index is 0.114. The van der Waals surface area contributed by atoms with Gasteiger partial charge in [-0.05, 0) is 84.8 Å². The van der Waals surface area contributed by atoms with Crippen LogP contribution in [0, 0.1) is 0 Å². The summed E-state index contributed by atoms with van der Waals surface area (Å²) in [4.78, 5) is 19.2. The van der Waals surface area contributed by atoms with Gasteiger partial charge in [0.05, 0.1) is 25.5 Å². The van der Waals surface area contributed by atoms with Crippen LogP contribution in [0.3, 0.4) is 0 Å². The molecule has 190 valence electrons. The first-order valence-corrected chi connectivity index (χ1v) is 13.8. The Labute approximate surface area is 228 Å². The smallest absolute Gasteiger partial charge is 0.255 e. The summed E-state index contributed by atoms with van der Waals surface area (Å²) in [5.74, 6) is 1.89. The van der Waals surface area contributed by atoms with E-state index in [9.17, 15) is 4.79 Å². The third kappa shape index (κ3) is 6.14. The maximum atomic E-state index is 13.2. The minimum atomic E-state index is -0.114. The number of rotatable bonds is 9. The average Bonchev–Trinajstić information content (AvgIpc) is 3.58. The van der Waals surface area contributed by atoms with E-state index in [1.165, 1.54) is 4.88 Å². The van der Waals surface area contributed by atoms with E-state index >= 15 is 0 Å². The lowest BCUT2D eigenvalue weighted by Crippen LogP contribution is -2.23. The van der Waals surface area contributed by atoms with Crippen LogP contribution in [0.5, 0.6) is 11.5 Å². The summed E-state index contributed by atoms with van der Waals surface area (Å²) < 4.78 is 18.0. The zero-order valence-corrected chi connectivity index (χ0v) is 22.9. The van der Waals surface area contributed by atoms with Crippen molar-refractivity contribution in [3.8, 4) is 11.5 Å². The summed E-state index contributed by atoms with van der Waals surface area (Å²) in [6.45, 7) is 0.785. The van der Waals surface area contributed by atoms with Crippen LogP contribution >= 0.6 is 27.3 Å². The van der Waals surface area contributed by atoms with Crippen LogP contribution < -0.4 is 14.8 Å². The molecule has 0 saturated heterocycles. The maximum absolute atomic E-state index is 13.2. The number of aliphatic imine (C=N–C) groups is 1. The molecule has 1 aliphatic rings. The lowest BCUT2D eigenvalue weighted by molar-refractivity contribution is 0.0948. The summed E-state index contributed by atoms with van der Waals surface area (Å²) in [6, 6.07) is 17.4. The highest BCUT2D eigenvalue weighted by Crippen LogP contribution is 2.40. The fourth-order valence-electron chi connectivity index (χ4n) is 4.30. The van der Waals surface area contributed by atoms with Crippen LogP contribution in [0.2, 0.25) is 0 Å². The Balaban J connectivity index is 1.34. The van der Waals surface area contributed by atoms with E-state index < -0.39 is 0 Å². The number of amides is 1. The standard InChI is InChI=1S/C29H27BrN2O4S/c1-34-25-15-20(10-13-24(25)36-18-19-8-11-21(30)12-9-19)16-32-29-27(23-6-2-3-7-26(23)37-29)28(33)31-17-22-5-4-14-35-22/h4-5,8-16H,2-3,6-7,17-18H2,1H3,(H,31,33). The predicted octanol–water partition coefficient (Wildman–Crippen LogP) is 7.25. The normalized spacial score (nSPS) is 12.9. The summed E-state index contributed by atoms with van der Waals surface area (Å²) in [7, 11) is 1.62. The molecule has 2 heterocycles. The number of methoxy groups -OCH3 is 1. The lowest BCUT2D eigenvalue weighted by atomic mass is 9.95. The maximum Gasteiger partial charge on any atom is 0.255 e. The molecule has 37 heavy (non-hydrogen) atoms. The van der Waals surface area contributed by atoms with Crippen molar-refractivity contribution in [2.75, 3.05) is 7.11 Å². The molecule has 0 spiro atoms. The molecule has 6 nitrogen and oxygen atoms in total. The van der Waals surface area contributed by atoms with Crippen LogP contribution in [-0.2, 0) is 26.0 Å². The largest absolute Gasteiger partial charge is 0.493 e. The Kier molecular flexibility index (Phi) is 8.06. The summed E-state index contributed by atoms with van der Waals surface area (Å²) in [6.07, 6.45) is 7.51. The second-order valence-corrected chi connectivity index (χ2v) is 10.7. The predicted molar refractivity (Wildman–Crippen MR) is 150 cm³/mol. The molecule has 0 unspecified atom stereocenters. The van der Waals surface area contributed by atoms with Gasteiger partial charge in [-0.1, -0.05) is 28.1 Å². The zero-order valence-electron chi connectivity index (χ0n) is 20.5. The van der Waals surface area contributed by atoms with Crippen LogP contribution in [0.25, 0.3) is 0 Å². The first kappa shape index (κ1) is 25.3. The van der Waals surface area contributed by atoms with Gasteiger partial charge in [0.25, 0.3) is 5.91 Å². The summed E-state index contributed by atoms with van der Waals surface area (Å²) in [5.41, 5.74) is 3.75. The van der Waals surface area contributed by atoms with Gasteiger partial charge in [0.2, 0.25) is 0 Å². The number of fused-ring (bicyclic) bond motifs is 1. The Hall–Kier alpha value is -3.36. The van der Waals surface area contributed by atoms with E-state index in [-0.39, 0.29) is 5.91 Å². The van der Waals surface area contributed by atoms with Gasteiger partial charge in [-0.15, -0.1) is 11.3 Å². The number of hydrogen-bond donors (Lipinski definition) is 1. The molecule has 2 aromatic heterocycles. The topological polar surface area (TPSA) is 73.1 Å². The highest BCUT2D eigenvalue weighted by molar-refractivity contribution is 9.10. The molecule has 5 rings (SSSR count). The van der Waals surface area contributed by atoms with E-state index in [0.717, 1.165) is 57.6 Å². The van der Waals surface area contributed by atoms with Crippen molar-refractivity contribution in [3.05, 3.63) is 98.2 Å². The second-order valence-electron chi connectivity index (χ2n) is 8.74. The summed E-state index contributed by atoms with van der Waals surface area (Å²) in [5, 5.41) is 3.73. The first-order valence-electron chi connectivity index (χ1n) is 12.1. The molecule has 0 fully saturated rings. The number of halogens is 1. The van der Waals surface area contributed by atoms with E-state index in [4.69, 9.17) is 18.9 Å². The van der Waals surface area contributed by atoms with Crippen molar-refractivity contribution in [2.24, 2.45) is 4.99 Å². The van der Waals surface area contributed by atoms with Gasteiger partial charge in [-0.3, -0.25) is 4.79 Å². The number of benzene rings is 2. The van der Waals surface area contributed by atoms with Crippen LogP contribution in [0.15, 0.2) is 74.7 Å². The van der Waals surface area contributed by atoms with Crippen LogP contribution in [-0.4, -0.2) is 19.2 Å². The third-order valence-electron chi connectivity index (χ3n) is 6.21. The van der Waals surface area contributed by atoms with E-state index in [1.807, 2.05) is 54.6 Å².